The molecular formula is C16H32N2O. The molecule has 0 amide bonds. The fourth-order valence-corrected chi connectivity index (χ4v) is 3.19. The topological polar surface area (TPSA) is 24.5 Å². The fourth-order valence-electron chi connectivity index (χ4n) is 3.19. The van der Waals surface area contributed by atoms with Gasteiger partial charge in [0.2, 0.25) is 0 Å². The molecule has 2 fully saturated rings. The molecule has 0 aliphatic heterocycles. The molecule has 112 valence electrons. The van der Waals surface area contributed by atoms with Gasteiger partial charge in [-0.2, -0.15) is 0 Å². The zero-order chi connectivity index (χ0) is 13.5. The van der Waals surface area contributed by atoms with Crippen molar-refractivity contribution in [3.63, 3.8) is 0 Å². The predicted octanol–water partition coefficient (Wildman–Crippen LogP) is 2.51. The van der Waals surface area contributed by atoms with Crippen molar-refractivity contribution < 1.29 is 4.74 Å². The zero-order valence-corrected chi connectivity index (χ0v) is 12.9. The summed E-state index contributed by atoms with van der Waals surface area (Å²) in [5.74, 6) is 1.77. The van der Waals surface area contributed by atoms with Gasteiger partial charge in [0, 0.05) is 25.7 Å². The van der Waals surface area contributed by atoms with E-state index in [9.17, 15) is 0 Å². The first-order valence-corrected chi connectivity index (χ1v) is 8.23. The molecule has 3 nitrogen and oxygen atoms in total. The van der Waals surface area contributed by atoms with Crippen molar-refractivity contribution in [3.05, 3.63) is 0 Å². The summed E-state index contributed by atoms with van der Waals surface area (Å²) >= 11 is 0. The third kappa shape index (κ3) is 5.80. The van der Waals surface area contributed by atoms with E-state index < -0.39 is 0 Å². The molecule has 1 N–H and O–H groups in total. The number of nitrogens with zero attached hydrogens (tertiary/aromatic N) is 1. The summed E-state index contributed by atoms with van der Waals surface area (Å²) in [6.45, 7) is 4.12. The fraction of sp³-hybridized carbons (Fsp3) is 1.00. The van der Waals surface area contributed by atoms with Crippen molar-refractivity contribution in [1.82, 2.24) is 10.2 Å². The Kier molecular flexibility index (Phi) is 6.62. The van der Waals surface area contributed by atoms with E-state index in [-0.39, 0.29) is 0 Å². The van der Waals surface area contributed by atoms with Crippen LogP contribution in [0.5, 0.6) is 0 Å². The van der Waals surface area contributed by atoms with Crippen LogP contribution in [0.25, 0.3) is 0 Å². The molecule has 0 aromatic rings. The lowest BCUT2D eigenvalue weighted by Gasteiger charge is -2.33. The Labute approximate surface area is 119 Å². The molecule has 0 saturated heterocycles. The molecule has 1 atom stereocenters. The smallest absolute Gasteiger partial charge is 0.0593 e. The van der Waals surface area contributed by atoms with E-state index in [4.69, 9.17) is 4.74 Å². The van der Waals surface area contributed by atoms with Crippen molar-refractivity contribution in [2.45, 2.75) is 51.0 Å². The summed E-state index contributed by atoms with van der Waals surface area (Å²) in [6, 6.07) is 0.661. The summed E-state index contributed by atoms with van der Waals surface area (Å²) in [5.41, 5.74) is 0. The third-order valence-electron chi connectivity index (χ3n) is 4.77. The van der Waals surface area contributed by atoms with Crippen molar-refractivity contribution in [3.8, 4) is 0 Å². The highest BCUT2D eigenvalue weighted by atomic mass is 16.5. The van der Waals surface area contributed by atoms with Crippen LogP contribution in [0.1, 0.15) is 44.9 Å². The summed E-state index contributed by atoms with van der Waals surface area (Å²) in [4.78, 5) is 2.43. The van der Waals surface area contributed by atoms with Crippen LogP contribution in [-0.4, -0.2) is 51.3 Å². The van der Waals surface area contributed by atoms with Crippen LogP contribution in [0.4, 0.5) is 0 Å². The number of rotatable bonds is 9. The molecule has 2 aliphatic rings. The molecule has 0 aromatic carbocycles. The summed E-state index contributed by atoms with van der Waals surface area (Å²) in [7, 11) is 4.35. The number of ether oxygens (including phenoxy) is 1. The lowest BCUT2D eigenvalue weighted by Crippen LogP contribution is -2.44. The molecule has 0 spiro atoms. The second-order valence-electron chi connectivity index (χ2n) is 6.57. The van der Waals surface area contributed by atoms with E-state index in [2.05, 4.69) is 24.3 Å². The van der Waals surface area contributed by atoms with Crippen LogP contribution in [0, 0.1) is 11.8 Å². The van der Waals surface area contributed by atoms with E-state index in [0.717, 1.165) is 38.1 Å². The third-order valence-corrected chi connectivity index (χ3v) is 4.77. The molecule has 0 heterocycles. The standard InChI is InChI=1S/C16H32N2O/c1-17-16(15-6-4-3-5-7-15)12-18(2)10-11-19-13-14-8-9-14/h14-17H,3-13H2,1-2H3. The van der Waals surface area contributed by atoms with Gasteiger partial charge in [-0.25, -0.2) is 0 Å². The monoisotopic (exact) mass is 268 g/mol. The van der Waals surface area contributed by atoms with Crippen molar-refractivity contribution in [1.29, 1.82) is 0 Å². The van der Waals surface area contributed by atoms with E-state index >= 15 is 0 Å². The quantitative estimate of drug-likeness (QED) is 0.650. The second kappa shape index (κ2) is 8.23. The molecule has 1 unspecified atom stereocenters. The van der Waals surface area contributed by atoms with Gasteiger partial charge in [-0.3, -0.25) is 0 Å². The maximum Gasteiger partial charge on any atom is 0.0593 e. The molecule has 2 aliphatic carbocycles. The first-order chi connectivity index (χ1) is 9.29. The van der Waals surface area contributed by atoms with E-state index in [1.807, 2.05) is 0 Å². The van der Waals surface area contributed by atoms with Gasteiger partial charge < -0.3 is 15.0 Å². The minimum Gasteiger partial charge on any atom is -0.380 e. The highest BCUT2D eigenvalue weighted by Crippen LogP contribution is 2.28. The van der Waals surface area contributed by atoms with Gasteiger partial charge in [0.05, 0.1) is 6.61 Å². The first kappa shape index (κ1) is 15.3. The van der Waals surface area contributed by atoms with Crippen molar-refractivity contribution in [2.75, 3.05) is 40.4 Å². The normalized spacial score (nSPS) is 22.9. The highest BCUT2D eigenvalue weighted by Gasteiger charge is 2.23. The maximum atomic E-state index is 5.73. The van der Waals surface area contributed by atoms with Crippen LogP contribution in [0.15, 0.2) is 0 Å². The maximum absolute atomic E-state index is 5.73. The van der Waals surface area contributed by atoms with Gasteiger partial charge in [-0.15, -0.1) is 0 Å². The number of hydrogen-bond donors (Lipinski definition) is 1. The van der Waals surface area contributed by atoms with Gasteiger partial charge in [0.15, 0.2) is 0 Å². The van der Waals surface area contributed by atoms with Crippen LogP contribution in [0.2, 0.25) is 0 Å². The van der Waals surface area contributed by atoms with E-state index in [0.29, 0.717) is 6.04 Å². The summed E-state index contributed by atoms with van der Waals surface area (Å²) in [6.07, 6.45) is 9.90. The molecule has 2 rings (SSSR count). The van der Waals surface area contributed by atoms with Crippen LogP contribution >= 0.6 is 0 Å². The second-order valence-corrected chi connectivity index (χ2v) is 6.57. The molecule has 3 heteroatoms. The van der Waals surface area contributed by atoms with Crippen LogP contribution in [-0.2, 0) is 4.74 Å². The minimum absolute atomic E-state index is 0.661. The Hall–Kier alpha value is -0.120. The van der Waals surface area contributed by atoms with E-state index in [1.165, 1.54) is 44.9 Å². The molecule has 0 bridgehead atoms. The molecule has 2 saturated carbocycles. The Balaban J connectivity index is 1.58. The van der Waals surface area contributed by atoms with Crippen molar-refractivity contribution >= 4 is 0 Å². The Morgan fingerprint density at radius 2 is 1.89 bits per heavy atom. The van der Waals surface area contributed by atoms with Gasteiger partial charge in [0.25, 0.3) is 0 Å². The number of likely N-dealkylation sites (N-methyl/N-ethyl adjacent to an activating group) is 2. The largest absolute Gasteiger partial charge is 0.380 e. The molecule has 0 aromatic heterocycles. The summed E-state index contributed by atoms with van der Waals surface area (Å²) in [5, 5.41) is 3.54. The molecule has 0 radical (unpaired) electrons. The number of nitrogens with one attached hydrogen (secondary N) is 1. The van der Waals surface area contributed by atoms with Gasteiger partial charge in [-0.05, 0) is 51.6 Å². The highest BCUT2D eigenvalue weighted by molar-refractivity contribution is 4.80. The number of hydrogen-bond acceptors (Lipinski definition) is 3. The predicted molar refractivity (Wildman–Crippen MR) is 80.5 cm³/mol. The lowest BCUT2D eigenvalue weighted by molar-refractivity contribution is 0.0969. The molecule has 19 heavy (non-hydrogen) atoms. The van der Waals surface area contributed by atoms with Gasteiger partial charge >= 0.3 is 0 Å². The van der Waals surface area contributed by atoms with Crippen LogP contribution in [0.3, 0.4) is 0 Å². The SMILES string of the molecule is CNC(CN(C)CCOCC1CC1)C1CCCCC1. The van der Waals surface area contributed by atoms with Gasteiger partial charge in [0.1, 0.15) is 0 Å². The summed E-state index contributed by atoms with van der Waals surface area (Å²) < 4.78 is 5.73. The Bertz CT molecular complexity index is 237. The average Bonchev–Trinajstić information content (AvgIpc) is 3.26. The van der Waals surface area contributed by atoms with E-state index in [1.54, 1.807) is 0 Å². The average molecular weight is 268 g/mol. The zero-order valence-electron chi connectivity index (χ0n) is 12.9. The van der Waals surface area contributed by atoms with Crippen molar-refractivity contribution in [2.24, 2.45) is 11.8 Å². The first-order valence-electron chi connectivity index (χ1n) is 8.23. The Morgan fingerprint density at radius 3 is 2.53 bits per heavy atom. The van der Waals surface area contributed by atoms with Gasteiger partial charge in [-0.1, -0.05) is 19.3 Å². The Morgan fingerprint density at radius 1 is 1.16 bits per heavy atom. The minimum atomic E-state index is 0.661. The van der Waals surface area contributed by atoms with Crippen LogP contribution < -0.4 is 5.32 Å². The molecular weight excluding hydrogens is 236 g/mol. The lowest BCUT2D eigenvalue weighted by atomic mass is 9.84.